The highest BCUT2D eigenvalue weighted by Gasteiger charge is 2.23. The third-order valence-corrected chi connectivity index (χ3v) is 20.1. The first-order valence-electron chi connectivity index (χ1n) is 37.6. The standard InChI is InChI=1S/C52H38N4.C51H37N5/c1-35-26-31-46(36(2)53-35)43-24-15-25-44(32-43)52-55-50(41-22-13-6-14-23-41)54-51(56-52)42-29-27-37(28-30-42)45-33-47(38-16-7-3-8-17-38)49(40-20-11-5-12-21-40)48(34-45)39-18-9-4-10-19-39;1-34-29-30-44(35(2)52-34)40-25-15-26-41(31-40)45-33-46(54-51(53-45)39-23-13-6-14-24-39)42-27-16-28-43(32-42)50-49(38-21-11-5-12-22-38)55-47(36-17-7-3-8-18-36)48(56-50)37-19-9-4-10-20-37/h3-34H,1-2H3;3-33H,1-2H3. The molecule has 5 heterocycles. The number of hydrogen-bond acceptors (Lipinski definition) is 9. The quantitative estimate of drug-likeness (QED) is 0.0932. The van der Waals surface area contributed by atoms with E-state index < -0.39 is 0 Å². The van der Waals surface area contributed by atoms with Crippen LogP contribution < -0.4 is 0 Å². The highest BCUT2D eigenvalue weighted by atomic mass is 15.0. The van der Waals surface area contributed by atoms with E-state index in [2.05, 4.69) is 293 Å². The molecule has 0 N–H and O–H groups in total. The van der Waals surface area contributed by atoms with Gasteiger partial charge in [0.05, 0.1) is 34.2 Å². The lowest BCUT2D eigenvalue weighted by atomic mass is 9.84. The molecule has 0 atom stereocenters. The van der Waals surface area contributed by atoms with Crippen molar-refractivity contribution in [1.29, 1.82) is 0 Å². The second-order valence-corrected chi connectivity index (χ2v) is 27.8. The molecule has 0 amide bonds. The maximum atomic E-state index is 5.48. The van der Waals surface area contributed by atoms with E-state index in [1.54, 1.807) is 0 Å². The van der Waals surface area contributed by atoms with Crippen LogP contribution in [0.4, 0.5) is 0 Å². The Morgan fingerprint density at radius 1 is 0.152 bits per heavy atom. The van der Waals surface area contributed by atoms with Crippen molar-refractivity contribution in [1.82, 2.24) is 44.9 Å². The Balaban J connectivity index is 0.000000163. The molecule has 0 spiro atoms. The van der Waals surface area contributed by atoms with Crippen molar-refractivity contribution in [2.24, 2.45) is 0 Å². The molecule has 5 aromatic heterocycles. The van der Waals surface area contributed by atoms with Gasteiger partial charge in [0.15, 0.2) is 23.3 Å². The van der Waals surface area contributed by atoms with Gasteiger partial charge in [0.25, 0.3) is 0 Å². The first-order chi connectivity index (χ1) is 55.1. The molecule has 9 heteroatoms. The van der Waals surface area contributed by atoms with E-state index in [1.165, 1.54) is 33.4 Å². The summed E-state index contributed by atoms with van der Waals surface area (Å²) in [7, 11) is 0. The fourth-order valence-electron chi connectivity index (χ4n) is 14.5. The molecule has 9 nitrogen and oxygen atoms in total. The van der Waals surface area contributed by atoms with Crippen LogP contribution in [0.1, 0.15) is 22.8 Å². The Kier molecular flexibility index (Phi) is 20.1. The molecule has 112 heavy (non-hydrogen) atoms. The Morgan fingerprint density at radius 3 is 0.839 bits per heavy atom. The van der Waals surface area contributed by atoms with Crippen molar-refractivity contribution in [3.8, 4) is 180 Å². The highest BCUT2D eigenvalue weighted by molar-refractivity contribution is 5.98. The molecule has 18 aromatic rings. The second-order valence-electron chi connectivity index (χ2n) is 27.8. The molecule has 0 aliphatic rings. The zero-order valence-electron chi connectivity index (χ0n) is 62.4. The average Bonchev–Trinajstić information content (AvgIpc) is 0.765. The number of rotatable bonds is 16. The van der Waals surface area contributed by atoms with Crippen molar-refractivity contribution < 1.29 is 0 Å². The van der Waals surface area contributed by atoms with Gasteiger partial charge in [0.1, 0.15) is 0 Å². The molecule has 0 aliphatic carbocycles. The Hall–Kier alpha value is -14.7. The van der Waals surface area contributed by atoms with Crippen LogP contribution in [0.3, 0.4) is 0 Å². The molecule has 0 radical (unpaired) electrons. The minimum Gasteiger partial charge on any atom is -0.258 e. The van der Waals surface area contributed by atoms with Gasteiger partial charge < -0.3 is 0 Å². The van der Waals surface area contributed by atoms with Crippen LogP contribution in [0, 0.1) is 27.7 Å². The molecule has 0 saturated heterocycles. The predicted molar refractivity (Wildman–Crippen MR) is 459 cm³/mol. The summed E-state index contributed by atoms with van der Waals surface area (Å²) in [5.41, 5.74) is 32.2. The SMILES string of the molecule is Cc1ccc(-c2cccc(-c3cc(-c4cccc(-c5nc(-c6ccccc6)c(-c6ccccc6)nc5-c5ccccc5)c4)nc(-c4ccccc4)n3)c2)c(C)n1.Cc1ccc(-c2cccc(-c3nc(-c4ccccc4)nc(-c4ccc(-c5cc(-c6ccccc6)c(-c6ccccc6)c(-c6ccccc6)c5)cc4)n3)c2)c(C)n1. The molecular weight excluding hydrogens is 1360 g/mol. The largest absolute Gasteiger partial charge is 0.258 e. The molecule has 0 aliphatic heterocycles. The van der Waals surface area contributed by atoms with Crippen LogP contribution in [0.25, 0.3) is 180 Å². The van der Waals surface area contributed by atoms with E-state index in [-0.39, 0.29) is 0 Å². The summed E-state index contributed by atoms with van der Waals surface area (Å²) in [6.07, 6.45) is 0. The number of nitrogens with zero attached hydrogens (tertiary/aromatic N) is 9. The Labute approximate surface area is 653 Å². The topological polar surface area (TPSA) is 116 Å². The van der Waals surface area contributed by atoms with Crippen molar-refractivity contribution in [2.75, 3.05) is 0 Å². The Bertz CT molecular complexity index is 6310. The first-order valence-corrected chi connectivity index (χ1v) is 37.6. The summed E-state index contributed by atoms with van der Waals surface area (Å²) in [4.78, 5) is 45.8. The van der Waals surface area contributed by atoms with E-state index in [4.69, 9.17) is 44.9 Å². The smallest absolute Gasteiger partial charge is 0.164 e. The van der Waals surface area contributed by atoms with E-state index in [0.29, 0.717) is 23.3 Å². The van der Waals surface area contributed by atoms with Crippen LogP contribution in [-0.4, -0.2) is 44.9 Å². The van der Waals surface area contributed by atoms with Crippen LogP contribution in [0.15, 0.2) is 382 Å². The second kappa shape index (κ2) is 32.0. The van der Waals surface area contributed by atoms with E-state index >= 15 is 0 Å². The first kappa shape index (κ1) is 70.3. The van der Waals surface area contributed by atoms with Gasteiger partial charge in [-0.05, 0) is 132 Å². The predicted octanol–water partition coefficient (Wildman–Crippen LogP) is 25.8. The zero-order valence-corrected chi connectivity index (χ0v) is 62.4. The maximum Gasteiger partial charge on any atom is 0.164 e. The van der Waals surface area contributed by atoms with Gasteiger partial charge in [0.2, 0.25) is 0 Å². The number of benzene rings is 13. The van der Waals surface area contributed by atoms with Crippen molar-refractivity contribution in [2.45, 2.75) is 27.7 Å². The molecule has 532 valence electrons. The Morgan fingerprint density at radius 2 is 0.438 bits per heavy atom. The summed E-state index contributed by atoms with van der Waals surface area (Å²) in [5, 5.41) is 0. The van der Waals surface area contributed by atoms with Crippen molar-refractivity contribution in [3.05, 3.63) is 405 Å². The summed E-state index contributed by atoms with van der Waals surface area (Å²) < 4.78 is 0. The van der Waals surface area contributed by atoms with Gasteiger partial charge in [-0.25, -0.2) is 34.9 Å². The fraction of sp³-hybridized carbons (Fsp3) is 0.0388. The van der Waals surface area contributed by atoms with Crippen LogP contribution in [-0.2, 0) is 0 Å². The lowest BCUT2D eigenvalue weighted by molar-refractivity contribution is 1.07. The lowest BCUT2D eigenvalue weighted by Gasteiger charge is -2.19. The third kappa shape index (κ3) is 15.3. The molecule has 0 fully saturated rings. The zero-order chi connectivity index (χ0) is 75.7. The minimum atomic E-state index is 0.619. The van der Waals surface area contributed by atoms with E-state index in [1.807, 2.05) is 117 Å². The maximum absolute atomic E-state index is 5.48. The van der Waals surface area contributed by atoms with Gasteiger partial charge >= 0.3 is 0 Å². The molecule has 0 bridgehead atoms. The average molecular weight is 1440 g/mol. The van der Waals surface area contributed by atoms with Crippen molar-refractivity contribution in [3.63, 3.8) is 0 Å². The summed E-state index contributed by atoms with van der Waals surface area (Å²) >= 11 is 0. The summed E-state index contributed by atoms with van der Waals surface area (Å²) in [6.45, 7) is 8.15. The van der Waals surface area contributed by atoms with Crippen LogP contribution >= 0.6 is 0 Å². The molecule has 13 aromatic carbocycles. The summed E-state index contributed by atoms with van der Waals surface area (Å²) in [5.74, 6) is 2.53. The van der Waals surface area contributed by atoms with E-state index in [0.717, 1.165) is 146 Å². The number of aromatic nitrogens is 9. The number of aryl methyl sites for hydroxylation is 4. The monoisotopic (exact) mass is 1440 g/mol. The lowest BCUT2D eigenvalue weighted by Crippen LogP contribution is -2.01. The van der Waals surface area contributed by atoms with Gasteiger partial charge in [-0.15, -0.1) is 0 Å². The van der Waals surface area contributed by atoms with Gasteiger partial charge in [-0.1, -0.05) is 334 Å². The minimum absolute atomic E-state index is 0.619. The molecule has 0 saturated carbocycles. The fourth-order valence-corrected chi connectivity index (χ4v) is 14.5. The number of hydrogen-bond donors (Lipinski definition) is 0. The van der Waals surface area contributed by atoms with E-state index in [9.17, 15) is 0 Å². The summed E-state index contributed by atoms with van der Waals surface area (Å²) in [6, 6.07) is 132. The number of pyridine rings is 2. The van der Waals surface area contributed by atoms with Crippen LogP contribution in [0.5, 0.6) is 0 Å². The van der Waals surface area contributed by atoms with Gasteiger partial charge in [0, 0.05) is 89.5 Å². The molecular formula is C103H75N9. The normalized spacial score (nSPS) is 11.0. The highest BCUT2D eigenvalue weighted by Crippen LogP contribution is 2.45. The molecule has 0 unspecified atom stereocenters. The third-order valence-electron chi connectivity index (χ3n) is 20.1. The van der Waals surface area contributed by atoms with Crippen LogP contribution in [0.2, 0.25) is 0 Å². The molecule has 18 rings (SSSR count). The van der Waals surface area contributed by atoms with Gasteiger partial charge in [-0.3, -0.25) is 9.97 Å². The van der Waals surface area contributed by atoms with Gasteiger partial charge in [-0.2, -0.15) is 0 Å². The van der Waals surface area contributed by atoms with Crippen molar-refractivity contribution >= 4 is 0 Å².